The van der Waals surface area contributed by atoms with Gasteiger partial charge in [0.25, 0.3) is 0 Å². The van der Waals surface area contributed by atoms with Crippen LogP contribution in [0, 0.1) is 6.92 Å². The highest BCUT2D eigenvalue weighted by Crippen LogP contribution is 2.28. The Bertz CT molecular complexity index is 489. The molecule has 0 saturated carbocycles. The van der Waals surface area contributed by atoms with Crippen LogP contribution < -0.4 is 10.1 Å². The van der Waals surface area contributed by atoms with Gasteiger partial charge in [0.05, 0.1) is 13.2 Å². The van der Waals surface area contributed by atoms with Gasteiger partial charge in [0.15, 0.2) is 0 Å². The van der Waals surface area contributed by atoms with Crippen LogP contribution in [-0.2, 0) is 0 Å². The second kappa shape index (κ2) is 6.03. The van der Waals surface area contributed by atoms with Gasteiger partial charge in [-0.25, -0.2) is 0 Å². The van der Waals surface area contributed by atoms with Gasteiger partial charge in [-0.3, -0.25) is 0 Å². The molecule has 0 fully saturated rings. The van der Waals surface area contributed by atoms with Gasteiger partial charge < -0.3 is 10.1 Å². The SMILES string of the molecule is CCNC(c1ccc(OC)cc1)c1cscc1C. The van der Waals surface area contributed by atoms with Gasteiger partial charge in [-0.1, -0.05) is 19.1 Å². The molecule has 96 valence electrons. The van der Waals surface area contributed by atoms with Crippen molar-refractivity contribution in [1.29, 1.82) is 0 Å². The van der Waals surface area contributed by atoms with Crippen molar-refractivity contribution in [1.82, 2.24) is 5.32 Å². The number of rotatable bonds is 5. The van der Waals surface area contributed by atoms with Crippen LogP contribution in [0.1, 0.15) is 29.7 Å². The first-order valence-corrected chi connectivity index (χ1v) is 7.10. The van der Waals surface area contributed by atoms with Crippen LogP contribution in [0.3, 0.4) is 0 Å². The zero-order valence-corrected chi connectivity index (χ0v) is 11.9. The largest absolute Gasteiger partial charge is 0.497 e. The van der Waals surface area contributed by atoms with Gasteiger partial charge in [0.2, 0.25) is 0 Å². The predicted molar refractivity (Wildman–Crippen MR) is 77.6 cm³/mol. The van der Waals surface area contributed by atoms with E-state index in [1.807, 2.05) is 12.1 Å². The number of thiophene rings is 1. The second-order valence-corrected chi connectivity index (χ2v) is 5.02. The first-order valence-electron chi connectivity index (χ1n) is 6.16. The van der Waals surface area contributed by atoms with E-state index in [4.69, 9.17) is 4.74 Å². The minimum Gasteiger partial charge on any atom is -0.497 e. The standard InChI is InChI=1S/C15H19NOS/c1-4-16-15(14-10-18-9-11(14)2)12-5-7-13(17-3)8-6-12/h5-10,15-16H,4H2,1-3H3. The van der Waals surface area contributed by atoms with Crippen molar-refractivity contribution in [2.45, 2.75) is 19.9 Å². The average Bonchev–Trinajstić information content (AvgIpc) is 2.82. The van der Waals surface area contributed by atoms with Crippen molar-refractivity contribution in [3.8, 4) is 5.75 Å². The van der Waals surface area contributed by atoms with Crippen molar-refractivity contribution >= 4 is 11.3 Å². The van der Waals surface area contributed by atoms with Crippen LogP contribution in [0.2, 0.25) is 0 Å². The number of hydrogen-bond donors (Lipinski definition) is 1. The first kappa shape index (κ1) is 13.1. The summed E-state index contributed by atoms with van der Waals surface area (Å²) >= 11 is 1.76. The Hall–Kier alpha value is -1.32. The Kier molecular flexibility index (Phi) is 4.39. The monoisotopic (exact) mass is 261 g/mol. The second-order valence-electron chi connectivity index (χ2n) is 4.27. The molecule has 1 heterocycles. The number of ether oxygens (including phenoxy) is 1. The summed E-state index contributed by atoms with van der Waals surface area (Å²) < 4.78 is 5.20. The number of aryl methyl sites for hydroxylation is 1. The number of methoxy groups -OCH3 is 1. The van der Waals surface area contributed by atoms with Gasteiger partial charge in [-0.2, -0.15) is 11.3 Å². The maximum absolute atomic E-state index is 5.20. The molecule has 0 bridgehead atoms. The van der Waals surface area contributed by atoms with Crippen molar-refractivity contribution in [3.05, 3.63) is 51.7 Å². The van der Waals surface area contributed by atoms with Crippen molar-refractivity contribution < 1.29 is 4.74 Å². The summed E-state index contributed by atoms with van der Waals surface area (Å²) in [6.07, 6.45) is 0. The highest BCUT2D eigenvalue weighted by molar-refractivity contribution is 7.08. The smallest absolute Gasteiger partial charge is 0.118 e. The Morgan fingerprint density at radius 2 is 1.94 bits per heavy atom. The van der Waals surface area contributed by atoms with Gasteiger partial charge in [0.1, 0.15) is 5.75 Å². The lowest BCUT2D eigenvalue weighted by Gasteiger charge is -2.19. The zero-order valence-electron chi connectivity index (χ0n) is 11.1. The molecule has 3 heteroatoms. The Balaban J connectivity index is 2.32. The topological polar surface area (TPSA) is 21.3 Å². The average molecular weight is 261 g/mol. The highest BCUT2D eigenvalue weighted by Gasteiger charge is 2.15. The third-order valence-electron chi connectivity index (χ3n) is 3.06. The molecule has 2 nitrogen and oxygen atoms in total. The molecule has 0 radical (unpaired) electrons. The van der Waals surface area contributed by atoms with Crippen molar-refractivity contribution in [3.63, 3.8) is 0 Å². The van der Waals surface area contributed by atoms with E-state index in [1.165, 1.54) is 16.7 Å². The molecule has 0 spiro atoms. The molecule has 0 aliphatic heterocycles. The van der Waals surface area contributed by atoms with E-state index in [0.29, 0.717) is 0 Å². The lowest BCUT2D eigenvalue weighted by Crippen LogP contribution is -2.22. The van der Waals surface area contributed by atoms with Gasteiger partial charge in [-0.15, -0.1) is 0 Å². The molecule has 18 heavy (non-hydrogen) atoms. The molecule has 0 saturated heterocycles. The molecule has 1 unspecified atom stereocenters. The summed E-state index contributed by atoms with van der Waals surface area (Å²) in [5.74, 6) is 0.899. The molecule has 2 aromatic rings. The fraction of sp³-hybridized carbons (Fsp3) is 0.333. The molecule has 1 N–H and O–H groups in total. The normalized spacial score (nSPS) is 12.4. The minimum atomic E-state index is 0.271. The molecule has 0 aliphatic rings. The van der Waals surface area contributed by atoms with Crippen LogP contribution in [0.25, 0.3) is 0 Å². The molecular formula is C15H19NOS. The summed E-state index contributed by atoms with van der Waals surface area (Å²) in [6, 6.07) is 8.56. The van der Waals surface area contributed by atoms with Crippen LogP contribution in [-0.4, -0.2) is 13.7 Å². The summed E-state index contributed by atoms with van der Waals surface area (Å²) in [6.45, 7) is 5.25. The lowest BCUT2D eigenvalue weighted by atomic mass is 9.98. The molecule has 0 aliphatic carbocycles. The fourth-order valence-electron chi connectivity index (χ4n) is 2.07. The third-order valence-corrected chi connectivity index (χ3v) is 3.94. The van der Waals surface area contributed by atoms with E-state index in [9.17, 15) is 0 Å². The summed E-state index contributed by atoms with van der Waals surface area (Å²) in [5.41, 5.74) is 3.99. The third kappa shape index (κ3) is 2.74. The Labute approximate surface area is 113 Å². The molecule has 1 atom stereocenters. The zero-order chi connectivity index (χ0) is 13.0. The molecule has 1 aromatic heterocycles. The lowest BCUT2D eigenvalue weighted by molar-refractivity contribution is 0.414. The maximum atomic E-state index is 5.20. The molecular weight excluding hydrogens is 242 g/mol. The van der Waals surface area contributed by atoms with E-state index < -0.39 is 0 Å². The number of hydrogen-bond acceptors (Lipinski definition) is 3. The Morgan fingerprint density at radius 1 is 1.22 bits per heavy atom. The molecule has 0 amide bonds. The molecule has 2 rings (SSSR count). The van der Waals surface area contributed by atoms with E-state index in [1.54, 1.807) is 18.4 Å². The summed E-state index contributed by atoms with van der Waals surface area (Å²) in [7, 11) is 1.69. The molecule has 1 aromatic carbocycles. The van der Waals surface area contributed by atoms with Crippen LogP contribution in [0.5, 0.6) is 5.75 Å². The first-order chi connectivity index (χ1) is 8.76. The maximum Gasteiger partial charge on any atom is 0.118 e. The van der Waals surface area contributed by atoms with E-state index in [-0.39, 0.29) is 6.04 Å². The van der Waals surface area contributed by atoms with Gasteiger partial charge in [0, 0.05) is 0 Å². The predicted octanol–water partition coefficient (Wildman–Crippen LogP) is 3.76. The van der Waals surface area contributed by atoms with Crippen LogP contribution >= 0.6 is 11.3 Å². The van der Waals surface area contributed by atoms with Gasteiger partial charge >= 0.3 is 0 Å². The summed E-state index contributed by atoms with van der Waals surface area (Å²) in [4.78, 5) is 0. The van der Waals surface area contributed by atoms with Crippen molar-refractivity contribution in [2.24, 2.45) is 0 Å². The minimum absolute atomic E-state index is 0.271. The quantitative estimate of drug-likeness (QED) is 0.884. The number of nitrogens with one attached hydrogen (secondary N) is 1. The van der Waals surface area contributed by atoms with Crippen LogP contribution in [0.15, 0.2) is 35.0 Å². The van der Waals surface area contributed by atoms with Crippen molar-refractivity contribution in [2.75, 3.05) is 13.7 Å². The summed E-state index contributed by atoms with van der Waals surface area (Å²) in [5, 5.41) is 7.97. The van der Waals surface area contributed by atoms with E-state index >= 15 is 0 Å². The van der Waals surface area contributed by atoms with Crippen LogP contribution in [0.4, 0.5) is 0 Å². The fourth-order valence-corrected chi connectivity index (χ4v) is 2.95. The Morgan fingerprint density at radius 3 is 2.44 bits per heavy atom. The van der Waals surface area contributed by atoms with Gasteiger partial charge in [-0.05, 0) is 53.1 Å². The van der Waals surface area contributed by atoms with E-state index in [2.05, 4.69) is 42.1 Å². The van der Waals surface area contributed by atoms with E-state index in [0.717, 1.165) is 12.3 Å². The number of benzene rings is 1. The highest BCUT2D eigenvalue weighted by atomic mass is 32.1.